The van der Waals surface area contributed by atoms with Crippen molar-refractivity contribution in [2.24, 2.45) is 0 Å². The predicted octanol–water partition coefficient (Wildman–Crippen LogP) is 4.64. The number of para-hydroxylation sites is 1. The summed E-state index contributed by atoms with van der Waals surface area (Å²) in [6.07, 6.45) is 3.09. The number of likely N-dealkylation sites (tertiary alicyclic amines) is 1. The van der Waals surface area contributed by atoms with Crippen LogP contribution >= 0.6 is 0 Å². The number of piperidine rings is 1. The molecule has 1 saturated heterocycles. The average molecular weight is 337 g/mol. The van der Waals surface area contributed by atoms with Gasteiger partial charge in [-0.05, 0) is 56.0 Å². The molecule has 1 N–H and O–H groups in total. The van der Waals surface area contributed by atoms with Gasteiger partial charge in [-0.1, -0.05) is 30.3 Å². The van der Waals surface area contributed by atoms with Gasteiger partial charge in [0.25, 0.3) is 0 Å². The molecule has 0 unspecified atom stereocenters. The first-order valence-corrected chi connectivity index (χ1v) is 8.67. The number of hydrogen-bond acceptors (Lipinski definition) is 2. The van der Waals surface area contributed by atoms with E-state index in [1.54, 1.807) is 17.0 Å². The van der Waals surface area contributed by atoms with E-state index in [1.807, 2.05) is 49.4 Å². The SMILES string of the molecule is Cc1cccc(NC(=O)N(C(=O)N2CCCCC2)c2ccccc2)c1. The van der Waals surface area contributed by atoms with Crippen LogP contribution in [0.4, 0.5) is 21.0 Å². The van der Waals surface area contributed by atoms with Gasteiger partial charge in [-0.25, -0.2) is 14.5 Å². The van der Waals surface area contributed by atoms with Gasteiger partial charge in [0.15, 0.2) is 0 Å². The van der Waals surface area contributed by atoms with Crippen LogP contribution in [-0.4, -0.2) is 30.1 Å². The number of anilines is 2. The summed E-state index contributed by atoms with van der Waals surface area (Å²) in [5.41, 5.74) is 2.30. The van der Waals surface area contributed by atoms with E-state index in [9.17, 15) is 9.59 Å². The summed E-state index contributed by atoms with van der Waals surface area (Å²) in [4.78, 5) is 28.9. The molecule has 0 bridgehead atoms. The Morgan fingerprint density at radius 2 is 1.68 bits per heavy atom. The number of benzene rings is 2. The van der Waals surface area contributed by atoms with Crippen molar-refractivity contribution in [2.45, 2.75) is 26.2 Å². The average Bonchev–Trinajstić information content (AvgIpc) is 2.63. The Hall–Kier alpha value is -2.82. The van der Waals surface area contributed by atoms with Gasteiger partial charge in [0, 0.05) is 18.8 Å². The predicted molar refractivity (Wildman–Crippen MR) is 99.9 cm³/mol. The first-order valence-electron chi connectivity index (χ1n) is 8.67. The van der Waals surface area contributed by atoms with E-state index in [0.29, 0.717) is 24.5 Å². The summed E-state index contributed by atoms with van der Waals surface area (Å²) < 4.78 is 0. The topological polar surface area (TPSA) is 52.7 Å². The molecule has 3 rings (SSSR count). The Morgan fingerprint density at radius 3 is 2.36 bits per heavy atom. The van der Waals surface area contributed by atoms with E-state index in [-0.39, 0.29) is 6.03 Å². The van der Waals surface area contributed by atoms with E-state index in [0.717, 1.165) is 24.8 Å². The Morgan fingerprint density at radius 1 is 0.960 bits per heavy atom. The zero-order valence-corrected chi connectivity index (χ0v) is 14.4. The van der Waals surface area contributed by atoms with E-state index in [1.165, 1.54) is 4.90 Å². The molecule has 1 aliphatic rings. The quantitative estimate of drug-likeness (QED) is 0.868. The number of rotatable bonds is 2. The zero-order valence-electron chi connectivity index (χ0n) is 14.4. The lowest BCUT2D eigenvalue weighted by atomic mass is 10.1. The molecule has 5 nitrogen and oxygen atoms in total. The van der Waals surface area contributed by atoms with E-state index in [2.05, 4.69) is 5.32 Å². The Balaban J connectivity index is 1.85. The molecule has 0 atom stereocenters. The minimum Gasteiger partial charge on any atom is -0.324 e. The van der Waals surface area contributed by atoms with Crippen molar-refractivity contribution < 1.29 is 9.59 Å². The van der Waals surface area contributed by atoms with Crippen molar-refractivity contribution in [3.8, 4) is 0 Å². The summed E-state index contributed by atoms with van der Waals surface area (Å²) in [7, 11) is 0. The smallest absolute Gasteiger partial charge is 0.324 e. The molecule has 25 heavy (non-hydrogen) atoms. The number of urea groups is 2. The van der Waals surface area contributed by atoms with Crippen LogP contribution in [-0.2, 0) is 0 Å². The fourth-order valence-electron chi connectivity index (χ4n) is 3.02. The minimum atomic E-state index is -0.438. The van der Waals surface area contributed by atoms with Gasteiger partial charge in [-0.15, -0.1) is 0 Å². The third-order valence-electron chi connectivity index (χ3n) is 4.30. The number of amides is 4. The van der Waals surface area contributed by atoms with Crippen LogP contribution in [0, 0.1) is 6.92 Å². The monoisotopic (exact) mass is 337 g/mol. The van der Waals surface area contributed by atoms with Gasteiger partial charge in [0.2, 0.25) is 0 Å². The Bertz CT molecular complexity index is 740. The molecular formula is C20H23N3O2. The van der Waals surface area contributed by atoms with E-state index < -0.39 is 6.03 Å². The van der Waals surface area contributed by atoms with Gasteiger partial charge >= 0.3 is 12.1 Å². The minimum absolute atomic E-state index is 0.268. The summed E-state index contributed by atoms with van der Waals surface area (Å²) in [6, 6.07) is 15.9. The van der Waals surface area contributed by atoms with Crippen molar-refractivity contribution in [3.63, 3.8) is 0 Å². The molecule has 0 aliphatic carbocycles. The number of nitrogens with zero attached hydrogens (tertiary/aromatic N) is 2. The lowest BCUT2D eigenvalue weighted by Gasteiger charge is -2.32. The standard InChI is InChI=1S/C20H23N3O2/c1-16-9-8-10-17(15-16)21-19(24)23(18-11-4-2-5-12-18)20(25)22-13-6-3-7-14-22/h2,4-5,8-12,15H,3,6-7,13-14H2,1H3,(H,21,24). The number of hydrogen-bond donors (Lipinski definition) is 1. The van der Waals surface area contributed by atoms with Crippen LogP contribution in [0.5, 0.6) is 0 Å². The molecule has 0 spiro atoms. The Kier molecular flexibility index (Phi) is 5.33. The van der Waals surface area contributed by atoms with Crippen molar-refractivity contribution in [1.29, 1.82) is 0 Å². The molecule has 130 valence electrons. The number of nitrogens with one attached hydrogen (secondary N) is 1. The van der Waals surface area contributed by atoms with Gasteiger partial charge < -0.3 is 10.2 Å². The van der Waals surface area contributed by atoms with Crippen molar-refractivity contribution in [1.82, 2.24) is 4.90 Å². The van der Waals surface area contributed by atoms with Crippen LogP contribution in [0.1, 0.15) is 24.8 Å². The molecule has 2 aromatic rings. The molecule has 0 aromatic heterocycles. The zero-order chi connectivity index (χ0) is 17.6. The van der Waals surface area contributed by atoms with Crippen LogP contribution in [0.15, 0.2) is 54.6 Å². The van der Waals surface area contributed by atoms with Crippen LogP contribution in [0.2, 0.25) is 0 Å². The van der Waals surface area contributed by atoms with Gasteiger partial charge in [-0.3, -0.25) is 0 Å². The van der Waals surface area contributed by atoms with E-state index in [4.69, 9.17) is 0 Å². The lowest BCUT2D eigenvalue weighted by molar-refractivity contribution is 0.193. The highest BCUT2D eigenvalue weighted by atomic mass is 16.2. The fourth-order valence-corrected chi connectivity index (χ4v) is 3.02. The maximum atomic E-state index is 13.0. The summed E-state index contributed by atoms with van der Waals surface area (Å²) in [6.45, 7) is 3.35. The van der Waals surface area contributed by atoms with Gasteiger partial charge in [-0.2, -0.15) is 0 Å². The fraction of sp³-hybridized carbons (Fsp3) is 0.300. The highest BCUT2D eigenvalue weighted by molar-refractivity contribution is 6.17. The summed E-state index contributed by atoms with van der Waals surface area (Å²) in [5, 5.41) is 2.84. The molecular weight excluding hydrogens is 314 g/mol. The third-order valence-corrected chi connectivity index (χ3v) is 4.30. The molecule has 1 aliphatic heterocycles. The second-order valence-corrected chi connectivity index (χ2v) is 6.30. The van der Waals surface area contributed by atoms with Crippen molar-refractivity contribution in [3.05, 3.63) is 60.2 Å². The molecule has 0 radical (unpaired) electrons. The van der Waals surface area contributed by atoms with E-state index >= 15 is 0 Å². The maximum absolute atomic E-state index is 13.0. The van der Waals surface area contributed by atoms with Crippen LogP contribution in [0.3, 0.4) is 0 Å². The van der Waals surface area contributed by atoms with Crippen LogP contribution in [0.25, 0.3) is 0 Å². The maximum Gasteiger partial charge on any atom is 0.334 e. The highest BCUT2D eigenvalue weighted by Gasteiger charge is 2.29. The molecule has 5 heteroatoms. The third kappa shape index (κ3) is 4.18. The van der Waals surface area contributed by atoms with Crippen molar-refractivity contribution >= 4 is 23.4 Å². The second kappa shape index (κ2) is 7.83. The second-order valence-electron chi connectivity index (χ2n) is 6.30. The summed E-state index contributed by atoms with van der Waals surface area (Å²) >= 11 is 0. The number of carbonyl (C=O) groups excluding carboxylic acids is 2. The number of aryl methyl sites for hydroxylation is 1. The van der Waals surface area contributed by atoms with Gasteiger partial charge in [0.1, 0.15) is 0 Å². The van der Waals surface area contributed by atoms with Gasteiger partial charge in [0.05, 0.1) is 5.69 Å². The van der Waals surface area contributed by atoms with Crippen molar-refractivity contribution in [2.75, 3.05) is 23.3 Å². The molecule has 0 saturated carbocycles. The Labute approximate surface area is 148 Å². The molecule has 1 fully saturated rings. The molecule has 1 heterocycles. The first-order chi connectivity index (χ1) is 12.1. The van der Waals surface area contributed by atoms with Crippen LogP contribution < -0.4 is 10.2 Å². The lowest BCUT2D eigenvalue weighted by Crippen LogP contribution is -2.49. The number of imide groups is 1. The normalized spacial score (nSPS) is 14.0. The first kappa shape index (κ1) is 17.0. The number of carbonyl (C=O) groups is 2. The molecule has 2 aromatic carbocycles. The highest BCUT2D eigenvalue weighted by Crippen LogP contribution is 2.20. The molecule has 4 amide bonds. The summed E-state index contributed by atoms with van der Waals surface area (Å²) in [5.74, 6) is 0. The largest absolute Gasteiger partial charge is 0.334 e.